The molecule has 5 nitrogen and oxygen atoms in total. The van der Waals surface area contributed by atoms with Gasteiger partial charge in [0, 0.05) is 12.5 Å². The molecule has 108 valence electrons. The molecule has 3 aromatic rings. The van der Waals surface area contributed by atoms with Crippen molar-refractivity contribution >= 4 is 0 Å². The molecule has 0 radical (unpaired) electrons. The molecule has 0 saturated carbocycles. The topological polar surface area (TPSA) is 64.1 Å². The van der Waals surface area contributed by atoms with Crippen LogP contribution in [0.3, 0.4) is 0 Å². The fourth-order valence-electron chi connectivity index (χ4n) is 2.26. The van der Waals surface area contributed by atoms with E-state index in [2.05, 4.69) is 34.5 Å². The number of benzene rings is 1. The SMILES string of the molecule is CCNC(Cc1nc(-c2ccco2)no1)c1ccccc1. The molecular formula is C16H17N3O2. The molecule has 0 bridgehead atoms. The zero-order valence-corrected chi connectivity index (χ0v) is 11.8. The van der Waals surface area contributed by atoms with E-state index in [-0.39, 0.29) is 6.04 Å². The zero-order chi connectivity index (χ0) is 14.5. The molecule has 1 atom stereocenters. The molecule has 2 aromatic heterocycles. The number of nitrogens with one attached hydrogen (secondary N) is 1. The summed E-state index contributed by atoms with van der Waals surface area (Å²) in [5.74, 6) is 1.69. The van der Waals surface area contributed by atoms with E-state index in [0.29, 0.717) is 23.9 Å². The Kier molecular flexibility index (Phi) is 4.12. The summed E-state index contributed by atoms with van der Waals surface area (Å²) < 4.78 is 10.6. The monoisotopic (exact) mass is 283 g/mol. The van der Waals surface area contributed by atoms with Crippen LogP contribution in [0.2, 0.25) is 0 Å². The molecule has 0 amide bonds. The molecule has 0 spiro atoms. The summed E-state index contributed by atoms with van der Waals surface area (Å²) >= 11 is 0. The van der Waals surface area contributed by atoms with Gasteiger partial charge in [-0.25, -0.2) is 0 Å². The summed E-state index contributed by atoms with van der Waals surface area (Å²) in [6.07, 6.45) is 2.24. The Morgan fingerprint density at radius 3 is 2.71 bits per heavy atom. The molecule has 0 saturated heterocycles. The summed E-state index contributed by atoms with van der Waals surface area (Å²) in [5.41, 5.74) is 1.21. The van der Waals surface area contributed by atoms with Crippen LogP contribution >= 0.6 is 0 Å². The first-order chi connectivity index (χ1) is 10.4. The summed E-state index contributed by atoms with van der Waals surface area (Å²) in [4.78, 5) is 4.39. The van der Waals surface area contributed by atoms with Crippen molar-refractivity contribution in [2.45, 2.75) is 19.4 Å². The van der Waals surface area contributed by atoms with Crippen LogP contribution in [0.15, 0.2) is 57.7 Å². The van der Waals surface area contributed by atoms with Crippen LogP contribution in [0.4, 0.5) is 0 Å². The first kappa shape index (κ1) is 13.6. The first-order valence-corrected chi connectivity index (χ1v) is 7.01. The Labute approximate surface area is 123 Å². The van der Waals surface area contributed by atoms with Crippen LogP contribution in [0.25, 0.3) is 11.6 Å². The third-order valence-electron chi connectivity index (χ3n) is 3.24. The van der Waals surface area contributed by atoms with Crippen molar-refractivity contribution in [3.05, 3.63) is 60.2 Å². The zero-order valence-electron chi connectivity index (χ0n) is 11.8. The van der Waals surface area contributed by atoms with Crippen molar-refractivity contribution in [2.24, 2.45) is 0 Å². The van der Waals surface area contributed by atoms with E-state index in [1.165, 1.54) is 5.56 Å². The number of hydrogen-bond donors (Lipinski definition) is 1. The lowest BCUT2D eigenvalue weighted by atomic mass is 10.0. The standard InChI is InChI=1S/C16H17N3O2/c1-2-17-13(12-7-4-3-5-8-12)11-15-18-16(19-21-15)14-9-6-10-20-14/h3-10,13,17H,2,11H2,1H3. The number of hydrogen-bond acceptors (Lipinski definition) is 5. The smallest absolute Gasteiger partial charge is 0.238 e. The minimum atomic E-state index is 0.154. The predicted molar refractivity (Wildman–Crippen MR) is 78.6 cm³/mol. The number of furan rings is 1. The predicted octanol–water partition coefficient (Wildman–Crippen LogP) is 3.22. The summed E-state index contributed by atoms with van der Waals surface area (Å²) in [6.45, 7) is 2.96. The van der Waals surface area contributed by atoms with Gasteiger partial charge in [-0.3, -0.25) is 0 Å². The molecule has 5 heteroatoms. The van der Waals surface area contributed by atoms with Gasteiger partial charge in [-0.2, -0.15) is 4.98 Å². The molecule has 0 fully saturated rings. The molecule has 0 aliphatic rings. The van der Waals surface area contributed by atoms with Crippen molar-refractivity contribution in [3.63, 3.8) is 0 Å². The van der Waals surface area contributed by atoms with E-state index >= 15 is 0 Å². The number of aromatic nitrogens is 2. The van der Waals surface area contributed by atoms with Gasteiger partial charge >= 0.3 is 0 Å². The van der Waals surface area contributed by atoms with Crippen LogP contribution in [0.5, 0.6) is 0 Å². The second-order valence-corrected chi connectivity index (χ2v) is 4.71. The summed E-state index contributed by atoms with van der Waals surface area (Å²) in [5, 5.41) is 7.40. The molecule has 3 rings (SSSR count). The quantitative estimate of drug-likeness (QED) is 0.752. The van der Waals surface area contributed by atoms with Gasteiger partial charge in [0.15, 0.2) is 5.76 Å². The Bertz CT molecular complexity index is 662. The fraction of sp³-hybridized carbons (Fsp3) is 0.250. The Balaban J connectivity index is 1.77. The van der Waals surface area contributed by atoms with E-state index in [1.54, 1.807) is 12.3 Å². The van der Waals surface area contributed by atoms with Crippen LogP contribution in [0.1, 0.15) is 24.4 Å². The first-order valence-electron chi connectivity index (χ1n) is 7.01. The molecule has 2 heterocycles. The van der Waals surface area contributed by atoms with Gasteiger partial charge in [-0.05, 0) is 24.2 Å². The lowest BCUT2D eigenvalue weighted by Gasteiger charge is -2.16. The number of likely N-dealkylation sites (N-methyl/N-ethyl adjacent to an activating group) is 1. The number of rotatable bonds is 6. The largest absolute Gasteiger partial charge is 0.461 e. The minimum absolute atomic E-state index is 0.154. The maximum absolute atomic E-state index is 5.33. The Morgan fingerprint density at radius 2 is 2.00 bits per heavy atom. The molecule has 0 aliphatic heterocycles. The van der Waals surface area contributed by atoms with Gasteiger partial charge in [-0.15, -0.1) is 0 Å². The van der Waals surface area contributed by atoms with Crippen LogP contribution < -0.4 is 5.32 Å². The van der Waals surface area contributed by atoms with E-state index < -0.39 is 0 Å². The number of nitrogens with zero attached hydrogens (tertiary/aromatic N) is 2. The van der Waals surface area contributed by atoms with E-state index in [1.807, 2.05) is 24.3 Å². The molecule has 1 aromatic carbocycles. The highest BCUT2D eigenvalue weighted by Gasteiger charge is 2.17. The van der Waals surface area contributed by atoms with Gasteiger partial charge in [0.1, 0.15) is 0 Å². The highest BCUT2D eigenvalue weighted by molar-refractivity contribution is 5.44. The lowest BCUT2D eigenvalue weighted by Crippen LogP contribution is -2.23. The Morgan fingerprint density at radius 1 is 1.14 bits per heavy atom. The molecular weight excluding hydrogens is 266 g/mol. The van der Waals surface area contributed by atoms with Crippen LogP contribution in [-0.2, 0) is 6.42 Å². The highest BCUT2D eigenvalue weighted by atomic mass is 16.5. The maximum Gasteiger partial charge on any atom is 0.238 e. The maximum atomic E-state index is 5.33. The van der Waals surface area contributed by atoms with Crippen molar-refractivity contribution in [1.29, 1.82) is 0 Å². The Hall–Kier alpha value is -2.40. The van der Waals surface area contributed by atoms with Gasteiger partial charge in [-0.1, -0.05) is 42.4 Å². The van der Waals surface area contributed by atoms with Crippen LogP contribution in [0, 0.1) is 0 Å². The van der Waals surface area contributed by atoms with E-state index in [9.17, 15) is 0 Å². The molecule has 21 heavy (non-hydrogen) atoms. The molecule has 0 aliphatic carbocycles. The van der Waals surface area contributed by atoms with Gasteiger partial charge in [0.2, 0.25) is 11.7 Å². The third-order valence-corrected chi connectivity index (χ3v) is 3.24. The molecule has 1 unspecified atom stereocenters. The van der Waals surface area contributed by atoms with Crippen molar-refractivity contribution in [2.75, 3.05) is 6.54 Å². The normalized spacial score (nSPS) is 12.4. The van der Waals surface area contributed by atoms with E-state index in [0.717, 1.165) is 6.54 Å². The second-order valence-electron chi connectivity index (χ2n) is 4.71. The highest BCUT2D eigenvalue weighted by Crippen LogP contribution is 2.20. The van der Waals surface area contributed by atoms with Gasteiger partial charge in [0.05, 0.1) is 6.26 Å². The molecule has 1 N–H and O–H groups in total. The van der Waals surface area contributed by atoms with Gasteiger partial charge in [0.25, 0.3) is 0 Å². The van der Waals surface area contributed by atoms with Crippen molar-refractivity contribution < 1.29 is 8.94 Å². The summed E-state index contributed by atoms with van der Waals surface area (Å²) in [6, 6.07) is 14.0. The van der Waals surface area contributed by atoms with Crippen LogP contribution in [-0.4, -0.2) is 16.7 Å². The van der Waals surface area contributed by atoms with Crippen molar-refractivity contribution in [3.8, 4) is 11.6 Å². The minimum Gasteiger partial charge on any atom is -0.461 e. The van der Waals surface area contributed by atoms with E-state index in [4.69, 9.17) is 8.94 Å². The summed E-state index contributed by atoms with van der Waals surface area (Å²) in [7, 11) is 0. The van der Waals surface area contributed by atoms with Gasteiger partial charge < -0.3 is 14.3 Å². The fourth-order valence-corrected chi connectivity index (χ4v) is 2.26. The lowest BCUT2D eigenvalue weighted by molar-refractivity contribution is 0.359. The third kappa shape index (κ3) is 3.20. The second kappa shape index (κ2) is 6.37. The average molecular weight is 283 g/mol. The average Bonchev–Trinajstić information content (AvgIpc) is 3.19. The van der Waals surface area contributed by atoms with Crippen molar-refractivity contribution in [1.82, 2.24) is 15.5 Å².